The molecule has 2 aromatic rings. The molecule has 0 unspecified atom stereocenters. The number of halogens is 1. The second-order valence-corrected chi connectivity index (χ2v) is 6.22. The minimum absolute atomic E-state index is 0.0213. The third-order valence-corrected chi connectivity index (χ3v) is 4.15. The standard InChI is InChI=1S/C13H16FN3O3S/c1-3-6-17-8-13(15-9(17)2)21(19,20)16-10-4-5-12(18)11(14)7-10/h4-5,7-8,16,18H,3,6H2,1-2H3. The molecular formula is C13H16FN3O3S. The van der Waals surface area contributed by atoms with Crippen LogP contribution >= 0.6 is 0 Å². The van der Waals surface area contributed by atoms with E-state index < -0.39 is 21.6 Å². The van der Waals surface area contributed by atoms with Crippen LogP contribution in [0.5, 0.6) is 5.75 Å². The molecular weight excluding hydrogens is 297 g/mol. The van der Waals surface area contributed by atoms with Crippen LogP contribution in [-0.4, -0.2) is 23.1 Å². The van der Waals surface area contributed by atoms with Gasteiger partial charge in [-0.05, 0) is 25.5 Å². The fourth-order valence-corrected chi connectivity index (χ4v) is 2.91. The van der Waals surface area contributed by atoms with E-state index in [9.17, 15) is 12.8 Å². The van der Waals surface area contributed by atoms with Gasteiger partial charge in [0.25, 0.3) is 10.0 Å². The molecule has 1 heterocycles. The van der Waals surface area contributed by atoms with E-state index in [1.165, 1.54) is 12.3 Å². The first-order chi connectivity index (χ1) is 9.83. The molecule has 0 atom stereocenters. The highest BCUT2D eigenvalue weighted by Gasteiger charge is 2.19. The van der Waals surface area contributed by atoms with Crippen molar-refractivity contribution in [3.8, 4) is 5.75 Å². The Morgan fingerprint density at radius 2 is 2.14 bits per heavy atom. The number of imidazole rings is 1. The van der Waals surface area contributed by atoms with Gasteiger partial charge in [0.1, 0.15) is 5.82 Å². The largest absolute Gasteiger partial charge is 0.505 e. The Morgan fingerprint density at radius 3 is 2.76 bits per heavy atom. The van der Waals surface area contributed by atoms with E-state index >= 15 is 0 Å². The van der Waals surface area contributed by atoms with Crippen molar-refractivity contribution >= 4 is 15.7 Å². The van der Waals surface area contributed by atoms with E-state index in [1.807, 2.05) is 6.92 Å². The van der Waals surface area contributed by atoms with E-state index in [-0.39, 0.29) is 10.7 Å². The number of aromatic hydroxyl groups is 1. The first-order valence-electron chi connectivity index (χ1n) is 6.38. The van der Waals surface area contributed by atoms with Crippen LogP contribution < -0.4 is 4.72 Å². The first-order valence-corrected chi connectivity index (χ1v) is 7.87. The molecule has 21 heavy (non-hydrogen) atoms. The maximum atomic E-state index is 13.2. The topological polar surface area (TPSA) is 84.2 Å². The molecule has 0 radical (unpaired) electrons. The average molecular weight is 313 g/mol. The molecule has 0 saturated carbocycles. The quantitative estimate of drug-likeness (QED) is 0.829. The second kappa shape index (κ2) is 5.72. The number of phenolic OH excluding ortho intramolecular Hbond substituents is 1. The van der Waals surface area contributed by atoms with E-state index in [0.29, 0.717) is 12.4 Å². The third kappa shape index (κ3) is 3.33. The molecule has 8 heteroatoms. The second-order valence-electron chi connectivity index (χ2n) is 4.59. The fraction of sp³-hybridized carbons (Fsp3) is 0.308. The van der Waals surface area contributed by atoms with Gasteiger partial charge in [-0.15, -0.1) is 0 Å². The van der Waals surface area contributed by atoms with Gasteiger partial charge < -0.3 is 9.67 Å². The van der Waals surface area contributed by atoms with E-state index in [1.54, 1.807) is 11.5 Å². The Morgan fingerprint density at radius 1 is 1.43 bits per heavy atom. The maximum Gasteiger partial charge on any atom is 0.280 e. The van der Waals surface area contributed by atoms with Crippen molar-refractivity contribution in [1.82, 2.24) is 9.55 Å². The molecule has 6 nitrogen and oxygen atoms in total. The number of hydrogen-bond donors (Lipinski definition) is 2. The van der Waals surface area contributed by atoms with Crippen LogP contribution in [0.25, 0.3) is 0 Å². The summed E-state index contributed by atoms with van der Waals surface area (Å²) in [4.78, 5) is 4.01. The lowest BCUT2D eigenvalue weighted by Gasteiger charge is -2.06. The van der Waals surface area contributed by atoms with E-state index in [4.69, 9.17) is 5.11 Å². The summed E-state index contributed by atoms with van der Waals surface area (Å²) in [6.45, 7) is 4.36. The zero-order chi connectivity index (χ0) is 15.6. The lowest BCUT2D eigenvalue weighted by molar-refractivity contribution is 0.432. The molecule has 0 fully saturated rings. The highest BCUT2D eigenvalue weighted by atomic mass is 32.2. The zero-order valence-electron chi connectivity index (χ0n) is 11.7. The summed E-state index contributed by atoms with van der Waals surface area (Å²) in [5, 5.41) is 8.97. The van der Waals surface area contributed by atoms with Crippen molar-refractivity contribution < 1.29 is 17.9 Å². The molecule has 0 aliphatic rings. The van der Waals surface area contributed by atoms with Crippen LogP contribution in [0.4, 0.5) is 10.1 Å². The summed E-state index contributed by atoms with van der Waals surface area (Å²) in [6, 6.07) is 3.25. The summed E-state index contributed by atoms with van der Waals surface area (Å²) in [5.41, 5.74) is 0.0213. The summed E-state index contributed by atoms with van der Waals surface area (Å²) in [6.07, 6.45) is 2.30. The minimum atomic E-state index is -3.89. The van der Waals surface area contributed by atoms with Crippen molar-refractivity contribution in [2.45, 2.75) is 31.8 Å². The smallest absolute Gasteiger partial charge is 0.280 e. The molecule has 1 aromatic carbocycles. The van der Waals surface area contributed by atoms with Gasteiger partial charge in [-0.2, -0.15) is 8.42 Å². The van der Waals surface area contributed by atoms with Gasteiger partial charge in [0.2, 0.25) is 0 Å². The normalized spacial score (nSPS) is 11.6. The van der Waals surface area contributed by atoms with Gasteiger partial charge in [0.15, 0.2) is 16.6 Å². The van der Waals surface area contributed by atoms with Crippen molar-refractivity contribution in [2.24, 2.45) is 0 Å². The van der Waals surface area contributed by atoms with E-state index in [2.05, 4.69) is 9.71 Å². The molecule has 2 rings (SSSR count). The monoisotopic (exact) mass is 313 g/mol. The number of phenols is 1. The molecule has 0 saturated heterocycles. The Balaban J connectivity index is 2.29. The first kappa shape index (κ1) is 15.3. The third-order valence-electron chi connectivity index (χ3n) is 2.89. The number of nitrogens with one attached hydrogen (secondary N) is 1. The molecule has 0 aliphatic heterocycles. The average Bonchev–Trinajstić information content (AvgIpc) is 2.77. The van der Waals surface area contributed by atoms with Crippen molar-refractivity contribution in [3.63, 3.8) is 0 Å². The highest BCUT2D eigenvalue weighted by Crippen LogP contribution is 2.22. The predicted octanol–water partition coefficient (Wildman–Crippen LogP) is 2.25. The van der Waals surface area contributed by atoms with Crippen LogP contribution in [0, 0.1) is 12.7 Å². The van der Waals surface area contributed by atoms with Crippen LogP contribution in [0.1, 0.15) is 19.2 Å². The number of anilines is 1. The van der Waals surface area contributed by atoms with Crippen LogP contribution in [0.15, 0.2) is 29.4 Å². The molecule has 0 amide bonds. The number of benzene rings is 1. The zero-order valence-corrected chi connectivity index (χ0v) is 12.5. The van der Waals surface area contributed by atoms with Gasteiger partial charge in [-0.1, -0.05) is 6.92 Å². The lowest BCUT2D eigenvalue weighted by Crippen LogP contribution is -2.13. The maximum absolute atomic E-state index is 13.2. The van der Waals surface area contributed by atoms with Crippen molar-refractivity contribution in [2.75, 3.05) is 4.72 Å². The molecule has 0 spiro atoms. The van der Waals surface area contributed by atoms with E-state index in [0.717, 1.165) is 18.6 Å². The van der Waals surface area contributed by atoms with Gasteiger partial charge in [-0.3, -0.25) is 4.72 Å². The Bertz CT molecular complexity index is 756. The Kier molecular flexibility index (Phi) is 4.17. The van der Waals surface area contributed by atoms with Gasteiger partial charge in [0, 0.05) is 18.8 Å². The summed E-state index contributed by atoms with van der Waals surface area (Å²) >= 11 is 0. The summed E-state index contributed by atoms with van der Waals surface area (Å²) in [5.74, 6) is -0.849. The molecule has 1 aromatic heterocycles. The number of aryl methyl sites for hydroxylation is 2. The fourth-order valence-electron chi connectivity index (χ4n) is 1.85. The predicted molar refractivity (Wildman–Crippen MR) is 76.1 cm³/mol. The molecule has 114 valence electrons. The lowest BCUT2D eigenvalue weighted by atomic mass is 10.3. The number of rotatable bonds is 5. The molecule has 0 bridgehead atoms. The number of sulfonamides is 1. The number of aromatic nitrogens is 2. The number of hydrogen-bond acceptors (Lipinski definition) is 4. The molecule has 2 N–H and O–H groups in total. The highest BCUT2D eigenvalue weighted by molar-refractivity contribution is 7.92. The number of nitrogens with zero attached hydrogens (tertiary/aromatic N) is 2. The summed E-state index contributed by atoms with van der Waals surface area (Å²) < 4.78 is 41.6. The van der Waals surface area contributed by atoms with Crippen LogP contribution in [0.2, 0.25) is 0 Å². The molecule has 0 aliphatic carbocycles. The Labute approximate surface area is 122 Å². The van der Waals surface area contributed by atoms with Gasteiger partial charge >= 0.3 is 0 Å². The van der Waals surface area contributed by atoms with Gasteiger partial charge in [0.05, 0.1) is 5.69 Å². The van der Waals surface area contributed by atoms with Crippen LogP contribution in [-0.2, 0) is 16.6 Å². The minimum Gasteiger partial charge on any atom is -0.505 e. The van der Waals surface area contributed by atoms with Crippen molar-refractivity contribution in [3.05, 3.63) is 36.0 Å². The van der Waals surface area contributed by atoms with Gasteiger partial charge in [-0.25, -0.2) is 9.37 Å². The van der Waals surface area contributed by atoms with Crippen molar-refractivity contribution in [1.29, 1.82) is 0 Å². The Hall–Kier alpha value is -2.09. The summed E-state index contributed by atoms with van der Waals surface area (Å²) in [7, 11) is -3.89. The van der Waals surface area contributed by atoms with Crippen LogP contribution in [0.3, 0.4) is 0 Å². The SMILES string of the molecule is CCCn1cc(S(=O)(=O)Nc2ccc(O)c(F)c2)nc1C.